The highest BCUT2D eigenvalue weighted by Gasteiger charge is 2.29. The maximum Gasteiger partial charge on any atom is 0.0254 e. The maximum absolute atomic E-state index is 6.32. The van der Waals surface area contributed by atoms with Crippen LogP contribution in [0.4, 0.5) is 0 Å². The number of hydrogen-bond acceptors (Lipinski definition) is 2. The summed E-state index contributed by atoms with van der Waals surface area (Å²) in [5, 5.41) is 0. The zero-order chi connectivity index (χ0) is 11.5. The summed E-state index contributed by atoms with van der Waals surface area (Å²) in [5.41, 5.74) is 6.31. The zero-order valence-electron chi connectivity index (χ0n) is 10.9. The van der Waals surface area contributed by atoms with Crippen LogP contribution in [0.15, 0.2) is 0 Å². The van der Waals surface area contributed by atoms with Gasteiger partial charge in [0.25, 0.3) is 0 Å². The summed E-state index contributed by atoms with van der Waals surface area (Å²) in [4.78, 5) is 2.56. The van der Waals surface area contributed by atoms with E-state index in [1.807, 2.05) is 0 Å². The Labute approximate surface area is 95.2 Å². The summed E-state index contributed by atoms with van der Waals surface area (Å²) < 4.78 is 0. The van der Waals surface area contributed by atoms with Gasteiger partial charge in [-0.15, -0.1) is 0 Å². The largest absolute Gasteiger partial charge is 0.324 e. The minimum Gasteiger partial charge on any atom is -0.324 e. The molecular formula is C13H28N2. The Morgan fingerprint density at radius 3 is 2.40 bits per heavy atom. The monoisotopic (exact) mass is 212 g/mol. The van der Waals surface area contributed by atoms with Gasteiger partial charge in [0.15, 0.2) is 0 Å². The Hall–Kier alpha value is -0.0800. The summed E-state index contributed by atoms with van der Waals surface area (Å²) in [6.45, 7) is 11.3. The molecule has 0 heterocycles. The molecule has 0 bridgehead atoms. The average Bonchev–Trinajstić information content (AvgIpc) is 2.86. The van der Waals surface area contributed by atoms with Crippen LogP contribution in [0.3, 0.4) is 0 Å². The van der Waals surface area contributed by atoms with Crippen LogP contribution >= 0.6 is 0 Å². The van der Waals surface area contributed by atoms with E-state index in [0.717, 1.165) is 18.9 Å². The van der Waals surface area contributed by atoms with Crippen LogP contribution in [0.1, 0.15) is 53.4 Å². The van der Waals surface area contributed by atoms with Gasteiger partial charge in [0, 0.05) is 24.7 Å². The Bertz CT molecular complexity index is 183. The van der Waals surface area contributed by atoms with Crippen molar-refractivity contribution in [1.29, 1.82) is 0 Å². The van der Waals surface area contributed by atoms with E-state index in [0.29, 0.717) is 6.04 Å². The fourth-order valence-electron chi connectivity index (χ4n) is 2.20. The maximum atomic E-state index is 6.32. The van der Waals surface area contributed by atoms with Gasteiger partial charge < -0.3 is 5.73 Å². The van der Waals surface area contributed by atoms with Gasteiger partial charge in [0.05, 0.1) is 0 Å². The lowest BCUT2D eigenvalue weighted by Gasteiger charge is -2.35. The van der Waals surface area contributed by atoms with Gasteiger partial charge in [-0.2, -0.15) is 0 Å². The topological polar surface area (TPSA) is 29.3 Å². The van der Waals surface area contributed by atoms with Crippen LogP contribution in [-0.2, 0) is 0 Å². The van der Waals surface area contributed by atoms with Crippen molar-refractivity contribution in [3.05, 3.63) is 0 Å². The van der Waals surface area contributed by atoms with Crippen molar-refractivity contribution >= 4 is 0 Å². The molecule has 0 radical (unpaired) electrons. The molecular weight excluding hydrogens is 184 g/mol. The molecule has 2 N–H and O–H groups in total. The summed E-state index contributed by atoms with van der Waals surface area (Å²) in [6.07, 6.45) is 5.17. The van der Waals surface area contributed by atoms with Crippen LogP contribution in [0.5, 0.6) is 0 Å². The average molecular weight is 212 g/mol. The number of nitrogens with zero attached hydrogens (tertiary/aromatic N) is 1. The third kappa shape index (κ3) is 4.98. The summed E-state index contributed by atoms with van der Waals surface area (Å²) in [7, 11) is 0. The SMILES string of the molecule is CCCC(C)(N)CN(CC1CC1)C(C)C. The quantitative estimate of drug-likeness (QED) is 0.703. The smallest absolute Gasteiger partial charge is 0.0254 e. The van der Waals surface area contributed by atoms with E-state index >= 15 is 0 Å². The normalized spacial score (nSPS) is 21.0. The molecule has 0 aliphatic heterocycles. The molecule has 0 amide bonds. The van der Waals surface area contributed by atoms with Crippen LogP contribution in [0, 0.1) is 5.92 Å². The van der Waals surface area contributed by atoms with Gasteiger partial charge in [0.2, 0.25) is 0 Å². The molecule has 1 unspecified atom stereocenters. The van der Waals surface area contributed by atoms with Crippen molar-refractivity contribution in [3.63, 3.8) is 0 Å². The van der Waals surface area contributed by atoms with Crippen LogP contribution < -0.4 is 5.73 Å². The summed E-state index contributed by atoms with van der Waals surface area (Å²) >= 11 is 0. The standard InChI is InChI=1S/C13H28N2/c1-5-8-13(4,14)10-15(11(2)3)9-12-6-7-12/h11-12H,5-10,14H2,1-4H3. The molecule has 1 fully saturated rings. The molecule has 0 spiro atoms. The molecule has 1 aliphatic carbocycles. The molecule has 0 aromatic carbocycles. The summed E-state index contributed by atoms with van der Waals surface area (Å²) in [6, 6.07) is 0.630. The Balaban J connectivity index is 2.41. The van der Waals surface area contributed by atoms with E-state index in [-0.39, 0.29) is 5.54 Å². The van der Waals surface area contributed by atoms with E-state index < -0.39 is 0 Å². The lowest BCUT2D eigenvalue weighted by molar-refractivity contribution is 0.164. The van der Waals surface area contributed by atoms with E-state index in [2.05, 4.69) is 32.6 Å². The van der Waals surface area contributed by atoms with Gasteiger partial charge in [-0.05, 0) is 46.0 Å². The predicted octanol–water partition coefficient (Wildman–Crippen LogP) is 2.62. The number of nitrogens with two attached hydrogens (primary N) is 1. The molecule has 2 nitrogen and oxygen atoms in total. The number of rotatable bonds is 7. The minimum absolute atomic E-state index is 0.00604. The fourth-order valence-corrected chi connectivity index (χ4v) is 2.20. The molecule has 0 saturated heterocycles. The van der Waals surface area contributed by atoms with Crippen molar-refractivity contribution in [2.24, 2.45) is 11.7 Å². The molecule has 15 heavy (non-hydrogen) atoms. The first kappa shape index (κ1) is 13.0. The van der Waals surface area contributed by atoms with E-state index in [1.54, 1.807) is 0 Å². The van der Waals surface area contributed by atoms with Crippen molar-refractivity contribution in [2.75, 3.05) is 13.1 Å². The number of hydrogen-bond donors (Lipinski definition) is 1. The van der Waals surface area contributed by atoms with Gasteiger partial charge in [0.1, 0.15) is 0 Å². The van der Waals surface area contributed by atoms with Crippen molar-refractivity contribution < 1.29 is 0 Å². The molecule has 2 heteroatoms. The van der Waals surface area contributed by atoms with Gasteiger partial charge in [-0.3, -0.25) is 4.90 Å². The predicted molar refractivity (Wildman–Crippen MR) is 66.9 cm³/mol. The molecule has 1 aliphatic rings. The van der Waals surface area contributed by atoms with Crippen molar-refractivity contribution in [3.8, 4) is 0 Å². The van der Waals surface area contributed by atoms with Gasteiger partial charge >= 0.3 is 0 Å². The molecule has 1 saturated carbocycles. The Morgan fingerprint density at radius 2 is 2.00 bits per heavy atom. The lowest BCUT2D eigenvalue weighted by atomic mass is 9.96. The third-order valence-corrected chi connectivity index (χ3v) is 3.31. The second-order valence-corrected chi connectivity index (χ2v) is 5.87. The van der Waals surface area contributed by atoms with Gasteiger partial charge in [-0.1, -0.05) is 13.3 Å². The van der Waals surface area contributed by atoms with E-state index in [9.17, 15) is 0 Å². The minimum atomic E-state index is -0.00604. The highest BCUT2D eigenvalue weighted by atomic mass is 15.2. The summed E-state index contributed by atoms with van der Waals surface area (Å²) in [5.74, 6) is 0.963. The van der Waals surface area contributed by atoms with Crippen LogP contribution in [0.2, 0.25) is 0 Å². The van der Waals surface area contributed by atoms with Crippen LogP contribution in [-0.4, -0.2) is 29.6 Å². The molecule has 1 rings (SSSR count). The zero-order valence-corrected chi connectivity index (χ0v) is 10.9. The fraction of sp³-hybridized carbons (Fsp3) is 1.00. The molecule has 1 atom stereocenters. The van der Waals surface area contributed by atoms with Crippen LogP contribution in [0.25, 0.3) is 0 Å². The molecule has 0 aromatic heterocycles. The second-order valence-electron chi connectivity index (χ2n) is 5.87. The lowest BCUT2D eigenvalue weighted by Crippen LogP contribution is -2.50. The first-order valence-corrected chi connectivity index (χ1v) is 6.47. The highest BCUT2D eigenvalue weighted by molar-refractivity contribution is 4.86. The van der Waals surface area contributed by atoms with E-state index in [1.165, 1.54) is 25.8 Å². The molecule has 90 valence electrons. The van der Waals surface area contributed by atoms with Gasteiger partial charge in [-0.25, -0.2) is 0 Å². The third-order valence-electron chi connectivity index (χ3n) is 3.31. The Morgan fingerprint density at radius 1 is 1.40 bits per heavy atom. The Kier molecular flexibility index (Phi) is 4.60. The molecule has 0 aromatic rings. The van der Waals surface area contributed by atoms with E-state index in [4.69, 9.17) is 5.73 Å². The first-order valence-electron chi connectivity index (χ1n) is 6.47. The van der Waals surface area contributed by atoms with Crippen molar-refractivity contribution in [2.45, 2.75) is 65.0 Å². The second kappa shape index (κ2) is 5.31. The van der Waals surface area contributed by atoms with Crippen molar-refractivity contribution in [1.82, 2.24) is 4.90 Å². The highest BCUT2D eigenvalue weighted by Crippen LogP contribution is 2.30. The first-order chi connectivity index (χ1) is 6.94.